The van der Waals surface area contributed by atoms with Gasteiger partial charge in [-0.2, -0.15) is 0 Å². The predicted octanol–water partition coefficient (Wildman–Crippen LogP) is 2.71. The molecule has 0 aliphatic heterocycles. The summed E-state index contributed by atoms with van der Waals surface area (Å²) in [6.45, 7) is 3.44. The highest BCUT2D eigenvalue weighted by atomic mass is 16.5. The molecule has 0 fully saturated rings. The van der Waals surface area contributed by atoms with Crippen LogP contribution >= 0.6 is 0 Å². The van der Waals surface area contributed by atoms with Crippen LogP contribution in [0.4, 0.5) is 4.79 Å². The maximum absolute atomic E-state index is 12.0. The van der Waals surface area contributed by atoms with E-state index in [9.17, 15) is 9.59 Å². The van der Waals surface area contributed by atoms with Gasteiger partial charge in [-0.05, 0) is 43.7 Å². The Bertz CT molecular complexity index is 686. The minimum Gasteiger partial charge on any atom is -0.457 e. The predicted molar refractivity (Wildman–Crippen MR) is 91.7 cm³/mol. The fraction of sp³-hybridized carbons (Fsp3) is 0.222. The maximum Gasteiger partial charge on any atom is 0.312 e. The van der Waals surface area contributed by atoms with Gasteiger partial charge in [0, 0.05) is 0 Å². The Labute approximate surface area is 141 Å². The van der Waals surface area contributed by atoms with Crippen LogP contribution in [0.15, 0.2) is 54.6 Å². The van der Waals surface area contributed by atoms with E-state index in [0.717, 1.165) is 11.3 Å². The molecule has 0 aliphatic rings. The molecule has 2 rings (SSSR count). The zero-order valence-electron chi connectivity index (χ0n) is 13.7. The molecule has 2 aromatic rings. The van der Waals surface area contributed by atoms with Crippen LogP contribution in [0.1, 0.15) is 25.5 Å². The highest BCUT2D eigenvalue weighted by Crippen LogP contribution is 2.23. The zero-order valence-corrected chi connectivity index (χ0v) is 13.7. The number of rotatable bonds is 6. The average Bonchev–Trinajstić information content (AvgIpc) is 2.55. The van der Waals surface area contributed by atoms with Crippen molar-refractivity contribution in [1.82, 2.24) is 10.6 Å². The van der Waals surface area contributed by atoms with Crippen LogP contribution in [0.25, 0.3) is 0 Å². The van der Waals surface area contributed by atoms with Crippen molar-refractivity contribution in [2.24, 2.45) is 5.73 Å². The van der Waals surface area contributed by atoms with E-state index in [4.69, 9.17) is 10.5 Å². The van der Waals surface area contributed by atoms with Crippen molar-refractivity contribution in [3.8, 4) is 11.5 Å². The number of urea groups is 1. The first-order valence-electron chi connectivity index (χ1n) is 7.65. The van der Waals surface area contributed by atoms with Gasteiger partial charge in [0.2, 0.25) is 5.91 Å². The molecule has 0 aliphatic carbocycles. The van der Waals surface area contributed by atoms with Crippen molar-refractivity contribution in [2.75, 3.05) is 0 Å². The molecule has 4 N–H and O–H groups in total. The summed E-state index contributed by atoms with van der Waals surface area (Å²) in [6, 6.07) is 15.3. The molecular formula is C18H21N3O3. The molecule has 3 amide bonds. The summed E-state index contributed by atoms with van der Waals surface area (Å²) < 4.78 is 5.73. The first-order chi connectivity index (χ1) is 11.5. The number of carbonyl (C=O) groups excluding carboxylic acids is 2. The van der Waals surface area contributed by atoms with Crippen LogP contribution in [0.3, 0.4) is 0 Å². The molecule has 0 saturated carbocycles. The summed E-state index contributed by atoms with van der Waals surface area (Å²) in [4.78, 5) is 22.7. The van der Waals surface area contributed by atoms with E-state index < -0.39 is 12.1 Å². The molecule has 0 unspecified atom stereocenters. The van der Waals surface area contributed by atoms with Crippen molar-refractivity contribution in [3.05, 3.63) is 60.2 Å². The van der Waals surface area contributed by atoms with Gasteiger partial charge in [-0.1, -0.05) is 30.3 Å². The lowest BCUT2D eigenvalue weighted by Gasteiger charge is -2.18. The lowest BCUT2D eigenvalue weighted by atomic mass is 10.1. The third kappa shape index (κ3) is 5.01. The zero-order chi connectivity index (χ0) is 17.5. The molecule has 6 heteroatoms. The second-order valence-corrected chi connectivity index (χ2v) is 5.44. The van der Waals surface area contributed by atoms with Crippen molar-refractivity contribution in [1.29, 1.82) is 0 Å². The molecule has 0 radical (unpaired) electrons. The molecule has 0 bridgehead atoms. The fourth-order valence-electron chi connectivity index (χ4n) is 2.15. The highest BCUT2D eigenvalue weighted by Gasteiger charge is 2.17. The number of ether oxygens (including phenoxy) is 1. The van der Waals surface area contributed by atoms with Crippen molar-refractivity contribution in [2.45, 2.75) is 25.9 Å². The SMILES string of the molecule is C[C@H](NC(=O)[C@@H](C)NC(N)=O)c1ccc(Oc2ccccc2)cc1. The molecule has 2 atom stereocenters. The number of nitrogens with two attached hydrogens (primary N) is 1. The van der Waals surface area contributed by atoms with E-state index >= 15 is 0 Å². The minimum absolute atomic E-state index is 0.208. The van der Waals surface area contributed by atoms with Gasteiger partial charge in [-0.25, -0.2) is 4.79 Å². The quantitative estimate of drug-likeness (QED) is 0.761. The molecule has 2 aromatic carbocycles. The topological polar surface area (TPSA) is 93.5 Å². The van der Waals surface area contributed by atoms with Gasteiger partial charge in [0.05, 0.1) is 6.04 Å². The monoisotopic (exact) mass is 327 g/mol. The van der Waals surface area contributed by atoms with E-state index in [1.807, 2.05) is 61.5 Å². The summed E-state index contributed by atoms with van der Waals surface area (Å²) in [7, 11) is 0. The maximum atomic E-state index is 12.0. The summed E-state index contributed by atoms with van der Waals surface area (Å²) in [6.07, 6.45) is 0. The van der Waals surface area contributed by atoms with Crippen LogP contribution in [-0.4, -0.2) is 18.0 Å². The van der Waals surface area contributed by atoms with Crippen LogP contribution in [0, 0.1) is 0 Å². The molecular weight excluding hydrogens is 306 g/mol. The van der Waals surface area contributed by atoms with E-state index in [-0.39, 0.29) is 11.9 Å². The number of amides is 3. The molecule has 0 aromatic heterocycles. The van der Waals surface area contributed by atoms with Crippen LogP contribution in [0.2, 0.25) is 0 Å². The summed E-state index contributed by atoms with van der Waals surface area (Å²) >= 11 is 0. The Morgan fingerprint density at radius 3 is 2.08 bits per heavy atom. The molecule has 0 heterocycles. The number of hydrogen-bond acceptors (Lipinski definition) is 3. The first kappa shape index (κ1) is 17.3. The van der Waals surface area contributed by atoms with Crippen molar-refractivity contribution < 1.29 is 14.3 Å². The molecule has 0 spiro atoms. The van der Waals surface area contributed by atoms with Crippen LogP contribution < -0.4 is 21.1 Å². The lowest BCUT2D eigenvalue weighted by Crippen LogP contribution is -2.47. The third-order valence-electron chi connectivity index (χ3n) is 3.47. The van der Waals surface area contributed by atoms with Gasteiger partial charge >= 0.3 is 6.03 Å². The third-order valence-corrected chi connectivity index (χ3v) is 3.47. The molecule has 6 nitrogen and oxygen atoms in total. The number of hydrogen-bond donors (Lipinski definition) is 3. The molecule has 126 valence electrons. The number of primary amides is 1. The normalized spacial score (nSPS) is 12.8. The molecule has 0 saturated heterocycles. The number of benzene rings is 2. The van der Waals surface area contributed by atoms with E-state index in [0.29, 0.717) is 5.75 Å². The standard InChI is InChI=1S/C18H21N3O3/c1-12(20-17(22)13(2)21-18(19)23)14-8-10-16(11-9-14)24-15-6-4-3-5-7-15/h3-13H,1-2H3,(H,20,22)(H3,19,21,23)/t12-,13+/m0/s1. The van der Waals surface area contributed by atoms with Crippen LogP contribution in [-0.2, 0) is 4.79 Å². The largest absolute Gasteiger partial charge is 0.457 e. The Morgan fingerprint density at radius 1 is 0.917 bits per heavy atom. The second-order valence-electron chi connectivity index (χ2n) is 5.44. The number of para-hydroxylation sites is 1. The Morgan fingerprint density at radius 2 is 1.50 bits per heavy atom. The van der Waals surface area contributed by atoms with E-state index in [2.05, 4.69) is 10.6 Å². The van der Waals surface area contributed by atoms with Gasteiger partial charge < -0.3 is 21.1 Å². The second kappa shape index (κ2) is 8.01. The Balaban J connectivity index is 1.94. The first-order valence-corrected chi connectivity index (χ1v) is 7.65. The Kier molecular flexibility index (Phi) is 5.78. The van der Waals surface area contributed by atoms with Gasteiger partial charge in [0.15, 0.2) is 0 Å². The summed E-state index contributed by atoms with van der Waals surface area (Å²) in [5, 5.41) is 5.16. The van der Waals surface area contributed by atoms with Gasteiger partial charge in [-0.3, -0.25) is 4.79 Å². The van der Waals surface area contributed by atoms with E-state index in [1.165, 1.54) is 0 Å². The van der Waals surface area contributed by atoms with Gasteiger partial charge in [0.1, 0.15) is 17.5 Å². The van der Waals surface area contributed by atoms with Crippen molar-refractivity contribution in [3.63, 3.8) is 0 Å². The lowest BCUT2D eigenvalue weighted by molar-refractivity contribution is -0.123. The minimum atomic E-state index is -0.729. The fourth-order valence-corrected chi connectivity index (χ4v) is 2.15. The highest BCUT2D eigenvalue weighted by molar-refractivity contribution is 5.86. The van der Waals surface area contributed by atoms with Crippen molar-refractivity contribution >= 4 is 11.9 Å². The number of carbonyl (C=O) groups is 2. The van der Waals surface area contributed by atoms with Gasteiger partial charge in [0.25, 0.3) is 0 Å². The summed E-state index contributed by atoms with van der Waals surface area (Å²) in [5.41, 5.74) is 5.94. The molecule has 24 heavy (non-hydrogen) atoms. The summed E-state index contributed by atoms with van der Waals surface area (Å²) in [5.74, 6) is 1.18. The van der Waals surface area contributed by atoms with Crippen LogP contribution in [0.5, 0.6) is 11.5 Å². The average molecular weight is 327 g/mol. The Hall–Kier alpha value is -3.02. The number of nitrogens with one attached hydrogen (secondary N) is 2. The van der Waals surface area contributed by atoms with E-state index in [1.54, 1.807) is 6.92 Å². The smallest absolute Gasteiger partial charge is 0.312 e. The van der Waals surface area contributed by atoms with Gasteiger partial charge in [-0.15, -0.1) is 0 Å².